The van der Waals surface area contributed by atoms with Crippen molar-refractivity contribution in [3.63, 3.8) is 0 Å². The summed E-state index contributed by atoms with van der Waals surface area (Å²) in [6, 6.07) is 7.09. The van der Waals surface area contributed by atoms with Gasteiger partial charge in [-0.3, -0.25) is 4.79 Å². The molecule has 0 bridgehead atoms. The van der Waals surface area contributed by atoms with Crippen molar-refractivity contribution < 1.29 is 9.53 Å². The minimum atomic E-state index is 0.0735. The molecule has 1 aliphatic rings. The smallest absolute Gasteiger partial charge is 0.253 e. The Labute approximate surface area is 108 Å². The highest BCUT2D eigenvalue weighted by molar-refractivity contribution is 5.94. The molecule has 98 valence electrons. The third-order valence-corrected chi connectivity index (χ3v) is 3.33. The molecule has 0 aromatic heterocycles. The predicted molar refractivity (Wildman–Crippen MR) is 71.4 cm³/mol. The molecular formula is C14H20N2O2. The number of ether oxygens (including phenoxy) is 1. The molecule has 4 heteroatoms. The number of anilines is 1. The molecule has 0 spiro atoms. The third-order valence-electron chi connectivity index (χ3n) is 3.33. The average Bonchev–Trinajstić information content (AvgIpc) is 2.89. The van der Waals surface area contributed by atoms with Crippen LogP contribution in [0.15, 0.2) is 24.3 Å². The lowest BCUT2D eigenvalue weighted by atomic mass is 10.1. The zero-order chi connectivity index (χ0) is 13.0. The van der Waals surface area contributed by atoms with Crippen molar-refractivity contribution in [3.8, 4) is 0 Å². The summed E-state index contributed by atoms with van der Waals surface area (Å²) in [5.74, 6) is 0.548. The van der Waals surface area contributed by atoms with Crippen molar-refractivity contribution in [2.75, 3.05) is 32.0 Å². The highest BCUT2D eigenvalue weighted by Gasteiger charge is 2.22. The summed E-state index contributed by atoms with van der Waals surface area (Å²) in [4.78, 5) is 14.2. The topological polar surface area (TPSA) is 55.6 Å². The quantitative estimate of drug-likeness (QED) is 0.826. The number of nitrogens with two attached hydrogens (primary N) is 1. The van der Waals surface area contributed by atoms with Crippen LogP contribution in [0.5, 0.6) is 0 Å². The molecule has 1 fully saturated rings. The summed E-state index contributed by atoms with van der Waals surface area (Å²) in [6.07, 6.45) is 1.05. The van der Waals surface area contributed by atoms with Gasteiger partial charge in [-0.05, 0) is 37.6 Å². The Morgan fingerprint density at radius 3 is 2.72 bits per heavy atom. The first-order valence-electron chi connectivity index (χ1n) is 6.43. The summed E-state index contributed by atoms with van der Waals surface area (Å²) in [6.45, 7) is 5.09. The zero-order valence-corrected chi connectivity index (χ0v) is 10.8. The molecule has 2 rings (SSSR count). The molecule has 0 radical (unpaired) electrons. The van der Waals surface area contributed by atoms with E-state index in [9.17, 15) is 4.79 Å². The normalized spacial score (nSPS) is 18.8. The molecule has 0 saturated carbocycles. The van der Waals surface area contributed by atoms with Crippen LogP contribution in [0.1, 0.15) is 23.7 Å². The number of hydrogen-bond acceptors (Lipinski definition) is 3. The molecule has 1 heterocycles. The Kier molecular flexibility index (Phi) is 4.20. The Hall–Kier alpha value is -1.55. The summed E-state index contributed by atoms with van der Waals surface area (Å²) in [5.41, 5.74) is 7.00. The van der Waals surface area contributed by atoms with Crippen LogP contribution in [0.3, 0.4) is 0 Å². The molecule has 1 amide bonds. The maximum atomic E-state index is 12.3. The summed E-state index contributed by atoms with van der Waals surface area (Å²) in [5, 5.41) is 0. The number of nitrogens with zero attached hydrogens (tertiary/aromatic N) is 1. The second-order valence-electron chi connectivity index (χ2n) is 4.70. The van der Waals surface area contributed by atoms with E-state index in [-0.39, 0.29) is 5.91 Å². The van der Waals surface area contributed by atoms with Gasteiger partial charge < -0.3 is 15.4 Å². The fourth-order valence-corrected chi connectivity index (χ4v) is 2.20. The van der Waals surface area contributed by atoms with Gasteiger partial charge in [-0.15, -0.1) is 0 Å². The molecule has 1 aromatic rings. The summed E-state index contributed by atoms with van der Waals surface area (Å²) >= 11 is 0. The van der Waals surface area contributed by atoms with Gasteiger partial charge in [-0.25, -0.2) is 0 Å². The largest absolute Gasteiger partial charge is 0.399 e. The number of nitrogen functional groups attached to an aromatic ring is 1. The van der Waals surface area contributed by atoms with Crippen LogP contribution in [0.25, 0.3) is 0 Å². The van der Waals surface area contributed by atoms with Gasteiger partial charge in [0.2, 0.25) is 0 Å². The first-order valence-corrected chi connectivity index (χ1v) is 6.43. The van der Waals surface area contributed by atoms with E-state index >= 15 is 0 Å². The highest BCUT2D eigenvalue weighted by Crippen LogP contribution is 2.16. The number of benzene rings is 1. The molecule has 1 unspecified atom stereocenters. The molecule has 1 aliphatic heterocycles. The van der Waals surface area contributed by atoms with Crippen LogP contribution in [0.4, 0.5) is 5.69 Å². The number of amides is 1. The van der Waals surface area contributed by atoms with Gasteiger partial charge in [0.25, 0.3) is 5.91 Å². The van der Waals surface area contributed by atoms with Crippen molar-refractivity contribution in [1.29, 1.82) is 0 Å². The lowest BCUT2D eigenvalue weighted by Gasteiger charge is -2.23. The fraction of sp³-hybridized carbons (Fsp3) is 0.500. The molecule has 1 saturated heterocycles. The Bertz CT molecular complexity index is 397. The van der Waals surface area contributed by atoms with Crippen LogP contribution in [0, 0.1) is 5.92 Å². The number of carbonyl (C=O) groups excluding carboxylic acids is 1. The van der Waals surface area contributed by atoms with Crippen LogP contribution in [-0.2, 0) is 4.74 Å². The number of carbonyl (C=O) groups is 1. The minimum Gasteiger partial charge on any atom is -0.399 e. The van der Waals surface area contributed by atoms with Crippen molar-refractivity contribution in [3.05, 3.63) is 29.8 Å². The van der Waals surface area contributed by atoms with Gasteiger partial charge in [-0.1, -0.05) is 0 Å². The summed E-state index contributed by atoms with van der Waals surface area (Å²) in [7, 11) is 0. The molecule has 1 atom stereocenters. The van der Waals surface area contributed by atoms with E-state index < -0.39 is 0 Å². The standard InChI is InChI=1S/C14H20N2O2/c1-2-16(9-11-7-8-18-10-11)14(17)12-3-5-13(15)6-4-12/h3-6,11H,2,7-10,15H2,1H3. The molecule has 4 nitrogen and oxygen atoms in total. The third kappa shape index (κ3) is 3.01. The van der Waals surface area contributed by atoms with Crippen molar-refractivity contribution >= 4 is 11.6 Å². The van der Waals surface area contributed by atoms with Gasteiger partial charge in [0.15, 0.2) is 0 Å². The van der Waals surface area contributed by atoms with Gasteiger partial charge in [0.1, 0.15) is 0 Å². The van der Waals surface area contributed by atoms with Gasteiger partial charge in [0, 0.05) is 36.9 Å². The van der Waals surface area contributed by atoms with E-state index in [0.29, 0.717) is 17.2 Å². The van der Waals surface area contributed by atoms with E-state index in [1.54, 1.807) is 24.3 Å². The van der Waals surface area contributed by atoms with Crippen LogP contribution in [0.2, 0.25) is 0 Å². The Morgan fingerprint density at radius 1 is 1.44 bits per heavy atom. The van der Waals surface area contributed by atoms with Crippen molar-refractivity contribution in [2.24, 2.45) is 5.92 Å². The van der Waals surface area contributed by atoms with Crippen molar-refractivity contribution in [2.45, 2.75) is 13.3 Å². The second kappa shape index (κ2) is 5.87. The molecule has 1 aromatic carbocycles. The minimum absolute atomic E-state index is 0.0735. The van der Waals surface area contributed by atoms with E-state index in [0.717, 1.165) is 32.7 Å². The van der Waals surface area contributed by atoms with Crippen LogP contribution >= 0.6 is 0 Å². The first kappa shape index (κ1) is 12.9. The van der Waals surface area contributed by atoms with Gasteiger partial charge in [-0.2, -0.15) is 0 Å². The maximum absolute atomic E-state index is 12.3. The summed E-state index contributed by atoms with van der Waals surface area (Å²) < 4.78 is 5.35. The second-order valence-corrected chi connectivity index (χ2v) is 4.70. The SMILES string of the molecule is CCN(CC1CCOC1)C(=O)c1ccc(N)cc1. The van der Waals surface area contributed by atoms with Gasteiger partial charge in [0.05, 0.1) is 6.61 Å². The average molecular weight is 248 g/mol. The molecule has 18 heavy (non-hydrogen) atoms. The Morgan fingerprint density at radius 2 is 2.17 bits per heavy atom. The number of rotatable bonds is 4. The zero-order valence-electron chi connectivity index (χ0n) is 10.8. The van der Waals surface area contributed by atoms with Crippen LogP contribution < -0.4 is 5.73 Å². The monoisotopic (exact) mass is 248 g/mol. The number of hydrogen-bond donors (Lipinski definition) is 1. The van der Waals surface area contributed by atoms with E-state index in [1.807, 2.05) is 11.8 Å². The molecular weight excluding hydrogens is 228 g/mol. The van der Waals surface area contributed by atoms with E-state index in [1.165, 1.54) is 0 Å². The highest BCUT2D eigenvalue weighted by atomic mass is 16.5. The van der Waals surface area contributed by atoms with Crippen molar-refractivity contribution in [1.82, 2.24) is 4.90 Å². The maximum Gasteiger partial charge on any atom is 0.253 e. The lowest BCUT2D eigenvalue weighted by molar-refractivity contribution is 0.0731. The molecule has 0 aliphatic carbocycles. The van der Waals surface area contributed by atoms with E-state index in [2.05, 4.69) is 0 Å². The first-order chi connectivity index (χ1) is 8.70. The van der Waals surface area contributed by atoms with Crippen LogP contribution in [-0.4, -0.2) is 37.1 Å². The fourth-order valence-electron chi connectivity index (χ4n) is 2.20. The Balaban J connectivity index is 2.02. The molecule has 2 N–H and O–H groups in total. The van der Waals surface area contributed by atoms with Gasteiger partial charge >= 0.3 is 0 Å². The van der Waals surface area contributed by atoms with E-state index in [4.69, 9.17) is 10.5 Å². The predicted octanol–water partition coefficient (Wildman–Crippen LogP) is 1.77. The lowest BCUT2D eigenvalue weighted by Crippen LogP contribution is -2.35.